The molecule has 0 aromatic heterocycles. The van der Waals surface area contributed by atoms with Crippen molar-refractivity contribution in [3.8, 4) is 0 Å². The van der Waals surface area contributed by atoms with Crippen molar-refractivity contribution in [2.75, 3.05) is 0 Å². The van der Waals surface area contributed by atoms with E-state index in [1.807, 2.05) is 6.08 Å². The predicted molar refractivity (Wildman–Crippen MR) is 56.4 cm³/mol. The molecular weight excluding hydrogens is 172 g/mol. The van der Waals surface area contributed by atoms with E-state index in [2.05, 4.69) is 42.7 Å². The molecule has 2 aromatic rings. The smallest absolute Gasteiger partial charge is 0.162 e. The minimum atomic E-state index is 0.636. The first-order valence-corrected chi connectivity index (χ1v) is 4.66. The first kappa shape index (κ1) is 7.63. The summed E-state index contributed by atoms with van der Waals surface area (Å²) in [5, 5.41) is 2.54. The quantitative estimate of drug-likeness (QED) is 0.606. The van der Waals surface area contributed by atoms with Crippen molar-refractivity contribution in [3.05, 3.63) is 53.8 Å². The van der Waals surface area contributed by atoms with Gasteiger partial charge in [-0.05, 0) is 40.1 Å². The molecule has 3 rings (SSSR count). The molecule has 1 aliphatic rings. The minimum absolute atomic E-state index is 0.636. The average Bonchev–Trinajstić information content (AvgIpc) is 2.26. The van der Waals surface area contributed by atoms with Gasteiger partial charge in [0.1, 0.15) is 6.61 Å². The summed E-state index contributed by atoms with van der Waals surface area (Å²) in [6, 6.07) is 12.7. The SMILES string of the molecule is [C]1=Cc2cc3ccccc3cc2CO1. The van der Waals surface area contributed by atoms with Gasteiger partial charge in [-0.2, -0.15) is 0 Å². The number of hydrogen-bond donors (Lipinski definition) is 0. The van der Waals surface area contributed by atoms with Gasteiger partial charge in [-0.15, -0.1) is 0 Å². The van der Waals surface area contributed by atoms with Crippen LogP contribution in [0.4, 0.5) is 0 Å². The van der Waals surface area contributed by atoms with Crippen LogP contribution < -0.4 is 0 Å². The third kappa shape index (κ3) is 1.10. The molecule has 0 unspecified atom stereocenters. The second kappa shape index (κ2) is 2.88. The van der Waals surface area contributed by atoms with Gasteiger partial charge in [0, 0.05) is 0 Å². The summed E-state index contributed by atoms with van der Waals surface area (Å²) in [5.74, 6) is 0. The Morgan fingerprint density at radius 1 is 1.07 bits per heavy atom. The Kier molecular flexibility index (Phi) is 1.57. The largest absolute Gasteiger partial charge is 0.485 e. The second-order valence-corrected chi connectivity index (χ2v) is 3.45. The molecule has 0 N–H and O–H groups in total. The molecule has 1 radical (unpaired) electrons. The highest BCUT2D eigenvalue weighted by molar-refractivity contribution is 5.86. The van der Waals surface area contributed by atoms with Crippen LogP contribution in [0.15, 0.2) is 36.4 Å². The molecule has 0 bridgehead atoms. The van der Waals surface area contributed by atoms with Gasteiger partial charge in [0.05, 0.1) is 0 Å². The summed E-state index contributed by atoms with van der Waals surface area (Å²) in [4.78, 5) is 0. The van der Waals surface area contributed by atoms with Crippen LogP contribution in [-0.4, -0.2) is 0 Å². The Morgan fingerprint density at radius 3 is 2.71 bits per heavy atom. The Labute approximate surface area is 82.6 Å². The summed E-state index contributed by atoms with van der Waals surface area (Å²) in [7, 11) is 0. The molecule has 1 nitrogen and oxygen atoms in total. The molecule has 0 spiro atoms. The Bertz CT molecular complexity index is 512. The lowest BCUT2D eigenvalue weighted by Crippen LogP contribution is -1.96. The first-order chi connectivity index (χ1) is 6.93. The van der Waals surface area contributed by atoms with Crippen LogP contribution in [0.3, 0.4) is 0 Å². The van der Waals surface area contributed by atoms with Crippen molar-refractivity contribution in [1.29, 1.82) is 0 Å². The maximum absolute atomic E-state index is 5.14. The fourth-order valence-corrected chi connectivity index (χ4v) is 1.79. The van der Waals surface area contributed by atoms with Crippen LogP contribution in [-0.2, 0) is 11.3 Å². The Balaban J connectivity index is 2.34. The molecule has 67 valence electrons. The summed E-state index contributed by atoms with van der Waals surface area (Å²) in [6.07, 6.45) is 4.67. The number of ether oxygens (including phenoxy) is 1. The number of benzene rings is 2. The zero-order valence-electron chi connectivity index (χ0n) is 7.66. The highest BCUT2D eigenvalue weighted by atomic mass is 16.5. The van der Waals surface area contributed by atoms with E-state index in [0.717, 1.165) is 0 Å². The van der Waals surface area contributed by atoms with Gasteiger partial charge in [-0.25, -0.2) is 0 Å². The van der Waals surface area contributed by atoms with E-state index >= 15 is 0 Å². The summed E-state index contributed by atoms with van der Waals surface area (Å²) in [5.41, 5.74) is 2.46. The highest BCUT2D eigenvalue weighted by Crippen LogP contribution is 2.23. The van der Waals surface area contributed by atoms with Crippen LogP contribution in [0, 0.1) is 6.26 Å². The van der Waals surface area contributed by atoms with Gasteiger partial charge in [0.25, 0.3) is 0 Å². The summed E-state index contributed by atoms with van der Waals surface area (Å²) in [6.45, 7) is 0.636. The lowest BCUT2D eigenvalue weighted by Gasteiger charge is -2.11. The highest BCUT2D eigenvalue weighted by Gasteiger charge is 2.06. The van der Waals surface area contributed by atoms with Crippen molar-refractivity contribution in [2.45, 2.75) is 6.61 Å². The Hall–Kier alpha value is -1.76. The molecule has 0 saturated carbocycles. The van der Waals surface area contributed by atoms with E-state index in [4.69, 9.17) is 4.74 Å². The van der Waals surface area contributed by atoms with Crippen molar-refractivity contribution in [3.63, 3.8) is 0 Å². The van der Waals surface area contributed by atoms with Gasteiger partial charge in [0.15, 0.2) is 6.26 Å². The molecule has 0 fully saturated rings. The summed E-state index contributed by atoms with van der Waals surface area (Å²) < 4.78 is 5.14. The van der Waals surface area contributed by atoms with Gasteiger partial charge < -0.3 is 4.74 Å². The van der Waals surface area contributed by atoms with Crippen molar-refractivity contribution < 1.29 is 4.74 Å². The zero-order valence-corrected chi connectivity index (χ0v) is 7.66. The Morgan fingerprint density at radius 2 is 1.86 bits per heavy atom. The fraction of sp³-hybridized carbons (Fsp3) is 0.0769. The topological polar surface area (TPSA) is 9.23 Å². The lowest BCUT2D eigenvalue weighted by atomic mass is 10.0. The molecule has 0 aliphatic carbocycles. The van der Waals surface area contributed by atoms with E-state index in [-0.39, 0.29) is 0 Å². The molecule has 1 heterocycles. The van der Waals surface area contributed by atoms with Gasteiger partial charge in [-0.3, -0.25) is 0 Å². The van der Waals surface area contributed by atoms with E-state index in [0.29, 0.717) is 6.61 Å². The molecule has 0 amide bonds. The standard InChI is InChI=1S/C13H9O/c1-2-4-11-8-13-9-14-6-5-12(13)7-10(11)3-1/h1-5,7-8H,9H2. The van der Waals surface area contributed by atoms with Gasteiger partial charge in [-0.1, -0.05) is 24.3 Å². The van der Waals surface area contributed by atoms with Crippen LogP contribution in [0.2, 0.25) is 0 Å². The maximum Gasteiger partial charge on any atom is 0.162 e. The number of fused-ring (bicyclic) bond motifs is 2. The van der Waals surface area contributed by atoms with Crippen molar-refractivity contribution in [2.24, 2.45) is 0 Å². The molecule has 0 saturated heterocycles. The molecule has 1 aliphatic heterocycles. The number of rotatable bonds is 0. The van der Waals surface area contributed by atoms with E-state index in [9.17, 15) is 0 Å². The van der Waals surface area contributed by atoms with E-state index in [1.165, 1.54) is 21.9 Å². The zero-order chi connectivity index (χ0) is 9.38. The lowest BCUT2D eigenvalue weighted by molar-refractivity contribution is 0.214. The predicted octanol–water partition coefficient (Wildman–Crippen LogP) is 3.14. The maximum atomic E-state index is 5.14. The van der Waals surface area contributed by atoms with Crippen LogP contribution in [0.1, 0.15) is 11.1 Å². The molecule has 14 heavy (non-hydrogen) atoms. The average molecular weight is 181 g/mol. The first-order valence-electron chi connectivity index (χ1n) is 4.66. The number of hydrogen-bond acceptors (Lipinski definition) is 1. The molecular formula is C13H9O. The molecule has 2 aromatic carbocycles. The van der Waals surface area contributed by atoms with E-state index in [1.54, 1.807) is 0 Å². The molecule has 1 heteroatoms. The normalized spacial score (nSPS) is 13.7. The van der Waals surface area contributed by atoms with Crippen molar-refractivity contribution >= 4 is 16.8 Å². The fourth-order valence-electron chi connectivity index (χ4n) is 1.79. The van der Waals surface area contributed by atoms with Crippen LogP contribution >= 0.6 is 0 Å². The second-order valence-electron chi connectivity index (χ2n) is 3.45. The van der Waals surface area contributed by atoms with Gasteiger partial charge >= 0.3 is 0 Å². The summed E-state index contributed by atoms with van der Waals surface area (Å²) >= 11 is 0. The van der Waals surface area contributed by atoms with Crippen LogP contribution in [0.25, 0.3) is 16.8 Å². The third-order valence-electron chi connectivity index (χ3n) is 2.53. The third-order valence-corrected chi connectivity index (χ3v) is 2.53. The van der Waals surface area contributed by atoms with Crippen molar-refractivity contribution in [1.82, 2.24) is 0 Å². The van der Waals surface area contributed by atoms with Gasteiger partial charge in [0.2, 0.25) is 0 Å². The molecule has 0 atom stereocenters. The van der Waals surface area contributed by atoms with E-state index < -0.39 is 0 Å². The monoisotopic (exact) mass is 181 g/mol. The van der Waals surface area contributed by atoms with Crippen LogP contribution in [0.5, 0.6) is 0 Å². The minimum Gasteiger partial charge on any atom is -0.485 e.